The van der Waals surface area contributed by atoms with Gasteiger partial charge >= 0.3 is 0 Å². The summed E-state index contributed by atoms with van der Waals surface area (Å²) in [5, 5.41) is 2.78. The maximum Gasteiger partial charge on any atom is 0.258 e. The Bertz CT molecular complexity index is 565. The number of aromatic amines is 1. The lowest BCUT2D eigenvalue weighted by Gasteiger charge is -2.11. The van der Waals surface area contributed by atoms with Gasteiger partial charge in [-0.3, -0.25) is 4.79 Å². The maximum absolute atomic E-state index is 11.7. The summed E-state index contributed by atoms with van der Waals surface area (Å²) in [5.74, 6) is 1.02. The van der Waals surface area contributed by atoms with Crippen molar-refractivity contribution in [3.05, 3.63) is 47.8 Å². The fourth-order valence-electron chi connectivity index (χ4n) is 1.76. The van der Waals surface area contributed by atoms with Crippen molar-refractivity contribution in [2.75, 3.05) is 13.7 Å². The van der Waals surface area contributed by atoms with E-state index in [1.807, 2.05) is 37.5 Å². The molecule has 0 saturated heterocycles. The Kier molecular flexibility index (Phi) is 4.65. The van der Waals surface area contributed by atoms with E-state index in [1.54, 1.807) is 13.2 Å². The first kappa shape index (κ1) is 14.0. The smallest absolute Gasteiger partial charge is 0.258 e. The molecule has 1 heterocycles. The average Bonchev–Trinajstić information content (AvgIpc) is 2.97. The first-order chi connectivity index (χ1) is 9.69. The normalized spacial score (nSPS) is 10.1. The minimum Gasteiger partial charge on any atom is -0.493 e. The highest BCUT2D eigenvalue weighted by Gasteiger charge is 2.07. The van der Waals surface area contributed by atoms with Crippen molar-refractivity contribution in [2.24, 2.45) is 0 Å². The summed E-state index contributed by atoms with van der Waals surface area (Å²) < 4.78 is 10.7. The van der Waals surface area contributed by atoms with Crippen LogP contribution in [0.25, 0.3) is 0 Å². The highest BCUT2D eigenvalue weighted by atomic mass is 16.5. The van der Waals surface area contributed by atoms with Gasteiger partial charge in [-0.15, -0.1) is 0 Å². The Morgan fingerprint density at radius 2 is 2.15 bits per heavy atom. The van der Waals surface area contributed by atoms with Gasteiger partial charge in [0.1, 0.15) is 0 Å². The van der Waals surface area contributed by atoms with E-state index in [-0.39, 0.29) is 12.5 Å². The summed E-state index contributed by atoms with van der Waals surface area (Å²) in [4.78, 5) is 14.6. The summed E-state index contributed by atoms with van der Waals surface area (Å²) in [5.41, 5.74) is 2.09. The number of hydrogen-bond acceptors (Lipinski definition) is 3. The molecular formula is C15H18N2O3. The minimum absolute atomic E-state index is 0.0379. The van der Waals surface area contributed by atoms with Crippen molar-refractivity contribution in [3.63, 3.8) is 0 Å². The Labute approximate surface area is 117 Å². The molecule has 1 amide bonds. The third-order valence-corrected chi connectivity index (χ3v) is 2.83. The molecule has 0 aliphatic carbocycles. The van der Waals surface area contributed by atoms with E-state index < -0.39 is 0 Å². The third-order valence-electron chi connectivity index (χ3n) is 2.83. The van der Waals surface area contributed by atoms with Crippen LogP contribution in [0.15, 0.2) is 36.7 Å². The number of carbonyl (C=O) groups excluding carboxylic acids is 1. The number of carbonyl (C=O) groups is 1. The largest absolute Gasteiger partial charge is 0.493 e. The second-order valence-electron chi connectivity index (χ2n) is 4.44. The predicted molar refractivity (Wildman–Crippen MR) is 75.9 cm³/mol. The highest BCUT2D eigenvalue weighted by Crippen LogP contribution is 2.27. The second-order valence-corrected chi connectivity index (χ2v) is 4.44. The van der Waals surface area contributed by atoms with Crippen LogP contribution in [0.1, 0.15) is 11.1 Å². The molecule has 0 bridgehead atoms. The third kappa shape index (κ3) is 3.78. The van der Waals surface area contributed by atoms with Gasteiger partial charge in [0.15, 0.2) is 18.1 Å². The van der Waals surface area contributed by atoms with Gasteiger partial charge in [-0.25, -0.2) is 0 Å². The van der Waals surface area contributed by atoms with Crippen LogP contribution in [-0.2, 0) is 11.3 Å². The summed E-state index contributed by atoms with van der Waals surface area (Å²) in [6.45, 7) is 2.41. The zero-order chi connectivity index (χ0) is 14.4. The number of rotatable bonds is 6. The molecule has 2 rings (SSSR count). The lowest BCUT2D eigenvalue weighted by molar-refractivity contribution is -0.123. The Hall–Kier alpha value is -2.43. The number of ether oxygens (including phenoxy) is 2. The minimum atomic E-state index is -0.172. The first-order valence-corrected chi connectivity index (χ1v) is 6.35. The van der Waals surface area contributed by atoms with Crippen LogP contribution in [0, 0.1) is 6.92 Å². The molecule has 0 fully saturated rings. The zero-order valence-electron chi connectivity index (χ0n) is 11.6. The second kappa shape index (κ2) is 6.65. The Balaban J connectivity index is 1.84. The van der Waals surface area contributed by atoms with Gasteiger partial charge in [0.2, 0.25) is 0 Å². The fourth-order valence-corrected chi connectivity index (χ4v) is 1.76. The molecule has 20 heavy (non-hydrogen) atoms. The Morgan fingerprint density at radius 1 is 1.30 bits per heavy atom. The first-order valence-electron chi connectivity index (χ1n) is 6.35. The van der Waals surface area contributed by atoms with Gasteiger partial charge in [-0.2, -0.15) is 0 Å². The molecule has 1 aromatic heterocycles. The van der Waals surface area contributed by atoms with Crippen LogP contribution in [0.3, 0.4) is 0 Å². The molecule has 106 valence electrons. The lowest BCUT2D eigenvalue weighted by Crippen LogP contribution is -2.28. The van der Waals surface area contributed by atoms with Crippen molar-refractivity contribution in [2.45, 2.75) is 13.5 Å². The summed E-state index contributed by atoms with van der Waals surface area (Å²) >= 11 is 0. The number of aryl methyl sites for hydroxylation is 1. The van der Waals surface area contributed by atoms with Crippen LogP contribution in [0.4, 0.5) is 0 Å². The topological polar surface area (TPSA) is 63.4 Å². The van der Waals surface area contributed by atoms with Crippen molar-refractivity contribution >= 4 is 5.91 Å². The summed E-state index contributed by atoms with van der Waals surface area (Å²) in [6.07, 6.45) is 3.65. The van der Waals surface area contributed by atoms with Crippen LogP contribution < -0.4 is 14.8 Å². The van der Waals surface area contributed by atoms with Crippen LogP contribution in [0.5, 0.6) is 11.5 Å². The van der Waals surface area contributed by atoms with E-state index >= 15 is 0 Å². The molecule has 1 aromatic carbocycles. The predicted octanol–water partition coefficient (Wildman–Crippen LogP) is 2.03. The molecule has 5 heteroatoms. The number of nitrogens with one attached hydrogen (secondary N) is 2. The molecule has 0 atom stereocenters. The van der Waals surface area contributed by atoms with E-state index in [0.29, 0.717) is 18.0 Å². The van der Waals surface area contributed by atoms with Gasteiger partial charge in [0, 0.05) is 18.9 Å². The summed E-state index contributed by atoms with van der Waals surface area (Å²) in [7, 11) is 1.58. The monoisotopic (exact) mass is 274 g/mol. The quantitative estimate of drug-likeness (QED) is 0.847. The standard InChI is InChI=1S/C15H18N2O3/c1-11-3-4-13(14(7-11)19-2)20-10-15(18)17-9-12-5-6-16-8-12/h3-8,16H,9-10H2,1-2H3,(H,17,18). The van der Waals surface area contributed by atoms with Gasteiger partial charge in [0.05, 0.1) is 7.11 Å². The highest BCUT2D eigenvalue weighted by molar-refractivity contribution is 5.77. The van der Waals surface area contributed by atoms with E-state index in [2.05, 4.69) is 10.3 Å². The number of H-pyrrole nitrogens is 1. The fraction of sp³-hybridized carbons (Fsp3) is 0.267. The van der Waals surface area contributed by atoms with E-state index in [0.717, 1.165) is 11.1 Å². The van der Waals surface area contributed by atoms with Crippen molar-refractivity contribution < 1.29 is 14.3 Å². The lowest BCUT2D eigenvalue weighted by atomic mass is 10.2. The SMILES string of the molecule is COc1cc(C)ccc1OCC(=O)NCc1cc[nH]c1. The van der Waals surface area contributed by atoms with Crippen LogP contribution >= 0.6 is 0 Å². The van der Waals surface area contributed by atoms with Gasteiger partial charge in [-0.1, -0.05) is 6.07 Å². The average molecular weight is 274 g/mol. The van der Waals surface area contributed by atoms with Gasteiger partial charge in [-0.05, 0) is 36.2 Å². The number of benzene rings is 1. The number of amides is 1. The summed E-state index contributed by atoms with van der Waals surface area (Å²) in [6, 6.07) is 7.49. The number of hydrogen-bond donors (Lipinski definition) is 2. The van der Waals surface area contributed by atoms with E-state index in [4.69, 9.17) is 9.47 Å². The molecule has 0 aliphatic heterocycles. The molecular weight excluding hydrogens is 256 g/mol. The zero-order valence-corrected chi connectivity index (χ0v) is 11.6. The van der Waals surface area contributed by atoms with E-state index in [9.17, 15) is 4.79 Å². The molecule has 2 aromatic rings. The maximum atomic E-state index is 11.7. The van der Waals surface area contributed by atoms with Crippen molar-refractivity contribution in [3.8, 4) is 11.5 Å². The molecule has 2 N–H and O–H groups in total. The Morgan fingerprint density at radius 3 is 2.85 bits per heavy atom. The van der Waals surface area contributed by atoms with Crippen LogP contribution in [-0.4, -0.2) is 24.6 Å². The van der Waals surface area contributed by atoms with Gasteiger partial charge < -0.3 is 19.8 Å². The number of aromatic nitrogens is 1. The van der Waals surface area contributed by atoms with Crippen molar-refractivity contribution in [1.82, 2.24) is 10.3 Å². The number of methoxy groups -OCH3 is 1. The molecule has 0 unspecified atom stereocenters. The van der Waals surface area contributed by atoms with Crippen molar-refractivity contribution in [1.29, 1.82) is 0 Å². The molecule has 0 aliphatic rings. The molecule has 0 radical (unpaired) electrons. The van der Waals surface area contributed by atoms with E-state index in [1.165, 1.54) is 0 Å². The molecule has 0 spiro atoms. The van der Waals surface area contributed by atoms with Gasteiger partial charge in [0.25, 0.3) is 5.91 Å². The molecule has 5 nitrogen and oxygen atoms in total. The molecule has 0 saturated carbocycles. The van der Waals surface area contributed by atoms with Crippen LogP contribution in [0.2, 0.25) is 0 Å².